The number of carbonyl (C=O) groups is 2. The van der Waals surface area contributed by atoms with Crippen molar-refractivity contribution in [2.75, 3.05) is 11.9 Å². The Kier molecular flexibility index (Phi) is 7.89. The highest BCUT2D eigenvalue weighted by molar-refractivity contribution is 6.04. The van der Waals surface area contributed by atoms with Gasteiger partial charge in [-0.2, -0.15) is 5.53 Å². The molecule has 198 valence electrons. The van der Waals surface area contributed by atoms with Gasteiger partial charge in [-0.25, -0.2) is 19.4 Å². The maximum Gasteiger partial charge on any atom is 0.302 e. The fourth-order valence-electron chi connectivity index (χ4n) is 3.97. The minimum absolute atomic E-state index is 0.106. The number of imidazole rings is 1. The Bertz CT molecular complexity index is 1380. The van der Waals surface area contributed by atoms with E-state index in [2.05, 4.69) is 20.5 Å². The lowest BCUT2D eigenvalue weighted by atomic mass is 10.1. The molecule has 0 bridgehead atoms. The number of nitrogens with zero attached hydrogens (tertiary/aromatic N) is 5. The van der Waals surface area contributed by atoms with Crippen LogP contribution in [0.4, 0.5) is 10.2 Å². The van der Waals surface area contributed by atoms with Crippen molar-refractivity contribution < 1.29 is 18.7 Å². The number of amidine groups is 1. The van der Waals surface area contributed by atoms with E-state index in [4.69, 9.17) is 15.7 Å². The van der Waals surface area contributed by atoms with Crippen molar-refractivity contribution >= 4 is 23.5 Å². The summed E-state index contributed by atoms with van der Waals surface area (Å²) in [5, 5.41) is 15.6. The number of carbonyl (C=O) groups excluding carboxylic acids is 2. The Balaban J connectivity index is 1.50. The molecule has 4 rings (SSSR count). The third-order valence-corrected chi connectivity index (χ3v) is 6.24. The number of hydrogen-bond donors (Lipinski definition) is 3. The molecule has 1 saturated carbocycles. The topological polar surface area (TPSA) is 149 Å². The molecule has 1 amide bonds. The van der Waals surface area contributed by atoms with Gasteiger partial charge in [0.25, 0.3) is 5.91 Å². The normalized spacial score (nSPS) is 13.5. The summed E-state index contributed by atoms with van der Waals surface area (Å²) in [4.78, 5) is 32.8. The number of benzene rings is 1. The molecule has 11 nitrogen and oxygen atoms in total. The van der Waals surface area contributed by atoms with Crippen LogP contribution in [0.25, 0.3) is 5.69 Å². The van der Waals surface area contributed by atoms with Gasteiger partial charge in [-0.05, 0) is 56.5 Å². The average molecular weight is 521 g/mol. The summed E-state index contributed by atoms with van der Waals surface area (Å²) in [6.07, 6.45) is 6.14. The fraction of sp³-hybridized carbons (Fsp3) is 0.346. The van der Waals surface area contributed by atoms with Crippen LogP contribution in [0, 0.1) is 23.7 Å². The minimum atomic E-state index is -0.695. The highest BCUT2D eigenvalue weighted by Crippen LogP contribution is 2.39. The van der Waals surface area contributed by atoms with Crippen LogP contribution >= 0.6 is 0 Å². The first-order valence-electron chi connectivity index (χ1n) is 12.2. The molecule has 1 fully saturated rings. The van der Waals surface area contributed by atoms with Gasteiger partial charge in [0.2, 0.25) is 0 Å². The first kappa shape index (κ1) is 26.6. The molecule has 12 heteroatoms. The van der Waals surface area contributed by atoms with Gasteiger partial charge < -0.3 is 14.6 Å². The van der Waals surface area contributed by atoms with Gasteiger partial charge in [-0.15, -0.1) is 0 Å². The lowest BCUT2D eigenvalue weighted by molar-refractivity contribution is -0.141. The number of amides is 1. The predicted molar refractivity (Wildman–Crippen MR) is 137 cm³/mol. The van der Waals surface area contributed by atoms with Gasteiger partial charge in [0.15, 0.2) is 5.84 Å². The molecule has 3 aromatic rings. The second kappa shape index (κ2) is 11.3. The van der Waals surface area contributed by atoms with Crippen molar-refractivity contribution in [3.63, 3.8) is 0 Å². The molecule has 1 aromatic carbocycles. The van der Waals surface area contributed by atoms with E-state index in [9.17, 15) is 14.0 Å². The highest BCUT2D eigenvalue weighted by Gasteiger charge is 2.26. The molecule has 2 aromatic heterocycles. The van der Waals surface area contributed by atoms with Crippen molar-refractivity contribution in [2.24, 2.45) is 5.22 Å². The van der Waals surface area contributed by atoms with Gasteiger partial charge in [-0.1, -0.05) is 11.3 Å². The molecule has 0 spiro atoms. The van der Waals surface area contributed by atoms with E-state index in [0.29, 0.717) is 23.6 Å². The number of rotatable bonds is 10. The van der Waals surface area contributed by atoms with Crippen LogP contribution < -0.4 is 5.32 Å². The van der Waals surface area contributed by atoms with Crippen molar-refractivity contribution in [2.45, 2.75) is 52.0 Å². The first-order chi connectivity index (χ1) is 18.2. The molecule has 3 N–H and O–H groups in total. The number of aromatic nitrogens is 3. The standard InChI is InChI=1S/C26H29FN8O3/c1-15-11-20(27)19(12-23(15)34-13-22(30-14-34)18-7-8-18)26(37)32-24-6-4-5-21(31-24)25(28)35(33-29)16(2)9-10-38-17(3)36/h4-6,11-14,16,18,28-29H,7-10H2,1-3H3,(H,31,32,37)/t16-/m1/s1. The molecule has 0 radical (unpaired) electrons. The maximum atomic E-state index is 14.8. The highest BCUT2D eigenvalue weighted by atomic mass is 19.1. The Morgan fingerprint density at radius 2 is 2.11 bits per heavy atom. The molecule has 2 heterocycles. The number of ether oxygens (including phenoxy) is 1. The maximum absolute atomic E-state index is 14.8. The van der Waals surface area contributed by atoms with Crippen molar-refractivity contribution in [1.82, 2.24) is 19.5 Å². The van der Waals surface area contributed by atoms with E-state index >= 15 is 0 Å². The molecule has 1 aliphatic rings. The smallest absolute Gasteiger partial charge is 0.302 e. The number of anilines is 1. The summed E-state index contributed by atoms with van der Waals surface area (Å²) >= 11 is 0. The van der Waals surface area contributed by atoms with E-state index < -0.39 is 23.7 Å². The molecular formula is C26H29FN8O3. The summed E-state index contributed by atoms with van der Waals surface area (Å²) in [5.41, 5.74) is 9.77. The van der Waals surface area contributed by atoms with Gasteiger partial charge in [0, 0.05) is 25.5 Å². The number of esters is 1. The number of nitrogens with one attached hydrogen (secondary N) is 3. The van der Waals surface area contributed by atoms with Gasteiger partial charge in [-0.3, -0.25) is 15.0 Å². The Morgan fingerprint density at radius 1 is 1.34 bits per heavy atom. The lowest BCUT2D eigenvalue weighted by Crippen LogP contribution is -2.35. The average Bonchev–Trinajstić information content (AvgIpc) is 3.61. The van der Waals surface area contributed by atoms with Crippen LogP contribution in [-0.2, 0) is 9.53 Å². The lowest BCUT2D eigenvalue weighted by Gasteiger charge is -2.24. The summed E-state index contributed by atoms with van der Waals surface area (Å²) in [7, 11) is 0. The molecule has 1 atom stereocenters. The second-order valence-electron chi connectivity index (χ2n) is 9.23. The van der Waals surface area contributed by atoms with Gasteiger partial charge in [0.1, 0.15) is 17.3 Å². The zero-order chi connectivity index (χ0) is 27.4. The molecular weight excluding hydrogens is 491 g/mol. The van der Waals surface area contributed by atoms with Crippen LogP contribution in [0.15, 0.2) is 48.1 Å². The number of halogens is 1. The van der Waals surface area contributed by atoms with Crippen LogP contribution in [0.5, 0.6) is 0 Å². The number of aryl methyl sites for hydroxylation is 1. The summed E-state index contributed by atoms with van der Waals surface area (Å²) < 4.78 is 21.6. The minimum Gasteiger partial charge on any atom is -0.466 e. The van der Waals surface area contributed by atoms with E-state index in [1.165, 1.54) is 31.2 Å². The Morgan fingerprint density at radius 3 is 2.79 bits per heavy atom. The van der Waals surface area contributed by atoms with Gasteiger partial charge in [0.05, 0.1) is 35.9 Å². The molecule has 38 heavy (non-hydrogen) atoms. The van der Waals surface area contributed by atoms with Crippen molar-refractivity contribution in [3.05, 3.63) is 71.2 Å². The second-order valence-corrected chi connectivity index (χ2v) is 9.23. The summed E-state index contributed by atoms with van der Waals surface area (Å²) in [5.74, 6) is -1.39. The van der Waals surface area contributed by atoms with Crippen LogP contribution in [-0.4, -0.2) is 49.9 Å². The first-order valence-corrected chi connectivity index (χ1v) is 12.2. The van der Waals surface area contributed by atoms with E-state index in [0.717, 1.165) is 23.5 Å². The Labute approximate surface area is 219 Å². The summed E-state index contributed by atoms with van der Waals surface area (Å²) in [6, 6.07) is 7.01. The van der Waals surface area contributed by atoms with Crippen LogP contribution in [0.2, 0.25) is 0 Å². The third-order valence-electron chi connectivity index (χ3n) is 6.24. The van der Waals surface area contributed by atoms with Gasteiger partial charge >= 0.3 is 5.97 Å². The summed E-state index contributed by atoms with van der Waals surface area (Å²) in [6.45, 7) is 4.91. The van der Waals surface area contributed by atoms with Crippen LogP contribution in [0.1, 0.15) is 66.3 Å². The fourth-order valence-corrected chi connectivity index (χ4v) is 3.97. The number of pyridine rings is 1. The Hall–Kier alpha value is -4.48. The zero-order valence-corrected chi connectivity index (χ0v) is 21.4. The van der Waals surface area contributed by atoms with E-state index in [1.807, 2.05) is 6.20 Å². The molecule has 1 aliphatic carbocycles. The zero-order valence-electron chi connectivity index (χ0n) is 21.4. The monoisotopic (exact) mass is 520 g/mol. The molecule has 0 unspecified atom stereocenters. The quantitative estimate of drug-likeness (QED) is 0.115. The predicted octanol–water partition coefficient (Wildman–Crippen LogP) is 4.76. The van der Waals surface area contributed by atoms with Crippen molar-refractivity contribution in [1.29, 1.82) is 10.9 Å². The SMILES string of the molecule is CC(=O)OCC[C@@H](C)N(N=N)C(=N)c1cccc(NC(=O)c2cc(-n3cnc(C4CC4)c3)c(C)cc2F)n1. The van der Waals surface area contributed by atoms with Crippen LogP contribution in [0.3, 0.4) is 0 Å². The molecule has 0 saturated heterocycles. The van der Waals surface area contributed by atoms with E-state index in [1.54, 1.807) is 30.8 Å². The number of hydrogen-bond acceptors (Lipinski definition) is 8. The molecule has 0 aliphatic heterocycles. The third kappa shape index (κ3) is 6.07. The van der Waals surface area contributed by atoms with E-state index in [-0.39, 0.29) is 29.5 Å². The largest absolute Gasteiger partial charge is 0.466 e. The van der Waals surface area contributed by atoms with Crippen molar-refractivity contribution in [3.8, 4) is 5.69 Å².